The maximum Gasteiger partial charge on any atom is 0.318 e. The van der Waals surface area contributed by atoms with Crippen molar-refractivity contribution in [1.29, 1.82) is 0 Å². The number of aromatic amines is 1. The first-order valence-corrected chi connectivity index (χ1v) is 14.3. The number of carbonyl (C=O) groups excluding carboxylic acids is 3. The van der Waals surface area contributed by atoms with Crippen molar-refractivity contribution < 1.29 is 14.4 Å². The number of fused-ring (bicyclic) bond motifs is 7. The third-order valence-corrected chi connectivity index (χ3v) is 9.46. The zero-order chi connectivity index (χ0) is 27.9. The quantitative estimate of drug-likeness (QED) is 0.461. The summed E-state index contributed by atoms with van der Waals surface area (Å²) >= 11 is 0. The van der Waals surface area contributed by atoms with Gasteiger partial charge in [-0.05, 0) is 53.5 Å². The Morgan fingerprint density at radius 3 is 2.67 bits per heavy atom. The fraction of sp³-hybridized carbons (Fsp3) is 0.484. The van der Waals surface area contributed by atoms with Gasteiger partial charge >= 0.3 is 6.03 Å². The van der Waals surface area contributed by atoms with Crippen molar-refractivity contribution in [3.8, 4) is 0 Å². The van der Waals surface area contributed by atoms with Gasteiger partial charge in [-0.1, -0.05) is 45.0 Å². The fourth-order valence-corrected chi connectivity index (χ4v) is 7.34. The zero-order valence-electron chi connectivity index (χ0n) is 23.3. The molecule has 4 heterocycles. The van der Waals surface area contributed by atoms with Crippen LogP contribution in [0.15, 0.2) is 42.6 Å². The molecule has 3 N–H and O–H groups in total. The highest BCUT2D eigenvalue weighted by molar-refractivity contribution is 5.99. The standard InChI is InChI=1S/C31H36N6O3/c1-29(2,3)18-37-16-22-19(8-9-25-21(22)15-33-35-25)24-14-31(24,27(37)39)34-28(40)36-12-10-30(11-13-36)17-32-26(38)20-6-4-5-7-23(20)30/h4-9,15,24H,10-14,16-18H2,1-3H3,(H,32,38)(H,33,35)(H,34,40). The van der Waals surface area contributed by atoms with Crippen LogP contribution in [-0.4, -0.2) is 69.6 Å². The largest absolute Gasteiger partial charge is 0.351 e. The topological polar surface area (TPSA) is 110 Å². The lowest BCUT2D eigenvalue weighted by atomic mass is 9.69. The number of nitrogens with one attached hydrogen (secondary N) is 3. The summed E-state index contributed by atoms with van der Waals surface area (Å²) in [6, 6.07) is 11.8. The Hall–Kier alpha value is -3.88. The van der Waals surface area contributed by atoms with Gasteiger partial charge in [0, 0.05) is 55.0 Å². The van der Waals surface area contributed by atoms with Gasteiger partial charge in [-0.3, -0.25) is 14.7 Å². The second-order valence-corrected chi connectivity index (χ2v) is 13.3. The maximum absolute atomic E-state index is 14.2. The maximum atomic E-state index is 14.2. The van der Waals surface area contributed by atoms with E-state index in [4.69, 9.17) is 0 Å². The second kappa shape index (κ2) is 8.56. The molecule has 1 aliphatic carbocycles. The molecule has 1 spiro atoms. The number of urea groups is 1. The number of amides is 4. The molecule has 7 rings (SSSR count). The predicted octanol–water partition coefficient (Wildman–Crippen LogP) is 3.66. The van der Waals surface area contributed by atoms with Crippen molar-refractivity contribution >= 4 is 28.7 Å². The molecule has 1 saturated heterocycles. The van der Waals surface area contributed by atoms with E-state index in [1.807, 2.05) is 40.3 Å². The number of aromatic nitrogens is 2. The van der Waals surface area contributed by atoms with Gasteiger partial charge in [-0.15, -0.1) is 0 Å². The minimum atomic E-state index is -0.925. The van der Waals surface area contributed by atoms with Crippen molar-refractivity contribution in [2.45, 2.75) is 63.5 Å². The van der Waals surface area contributed by atoms with Gasteiger partial charge in [0.25, 0.3) is 5.91 Å². The molecule has 4 amide bonds. The molecule has 2 atom stereocenters. The van der Waals surface area contributed by atoms with Crippen LogP contribution in [0.3, 0.4) is 0 Å². The van der Waals surface area contributed by atoms with Crippen LogP contribution in [0, 0.1) is 5.41 Å². The summed E-state index contributed by atoms with van der Waals surface area (Å²) < 4.78 is 0. The van der Waals surface area contributed by atoms with Crippen molar-refractivity contribution in [3.63, 3.8) is 0 Å². The van der Waals surface area contributed by atoms with Crippen LogP contribution in [-0.2, 0) is 16.8 Å². The van der Waals surface area contributed by atoms with Gasteiger partial charge in [0.15, 0.2) is 0 Å². The van der Waals surface area contributed by atoms with Crippen LogP contribution in [0.2, 0.25) is 0 Å². The summed E-state index contributed by atoms with van der Waals surface area (Å²) in [5, 5.41) is 14.7. The van der Waals surface area contributed by atoms with Gasteiger partial charge in [-0.2, -0.15) is 5.10 Å². The first kappa shape index (κ1) is 25.1. The average molecular weight is 541 g/mol. The highest BCUT2D eigenvalue weighted by Gasteiger charge is 2.65. The molecule has 40 heavy (non-hydrogen) atoms. The van der Waals surface area contributed by atoms with Crippen LogP contribution < -0.4 is 10.6 Å². The molecule has 1 saturated carbocycles. The monoisotopic (exact) mass is 540 g/mol. The van der Waals surface area contributed by atoms with Gasteiger partial charge < -0.3 is 20.4 Å². The number of hydrogen-bond donors (Lipinski definition) is 3. The van der Waals surface area contributed by atoms with Gasteiger partial charge in [0.2, 0.25) is 5.91 Å². The zero-order valence-corrected chi connectivity index (χ0v) is 23.3. The highest BCUT2D eigenvalue weighted by Crippen LogP contribution is 2.56. The van der Waals surface area contributed by atoms with Crippen LogP contribution in [0.25, 0.3) is 10.9 Å². The number of carbonyl (C=O) groups is 3. The van der Waals surface area contributed by atoms with Crippen molar-refractivity contribution in [2.75, 3.05) is 26.2 Å². The Kier molecular flexibility index (Phi) is 5.37. The summed E-state index contributed by atoms with van der Waals surface area (Å²) in [7, 11) is 0. The lowest BCUT2D eigenvalue weighted by Crippen LogP contribution is -2.58. The number of H-pyrrole nitrogens is 1. The number of piperidine rings is 1. The minimum absolute atomic E-state index is 0.00557. The molecule has 2 fully saturated rings. The Bertz CT molecular complexity index is 1550. The molecule has 9 heteroatoms. The summed E-state index contributed by atoms with van der Waals surface area (Å²) in [6.07, 6.45) is 3.97. The lowest BCUT2D eigenvalue weighted by molar-refractivity contribution is -0.136. The summed E-state index contributed by atoms with van der Waals surface area (Å²) in [6.45, 7) is 9.24. The molecule has 2 aromatic carbocycles. The first-order chi connectivity index (χ1) is 19.1. The van der Waals surface area contributed by atoms with E-state index in [1.165, 1.54) is 0 Å². The normalized spacial score (nSPS) is 25.1. The molecule has 1 aromatic heterocycles. The van der Waals surface area contributed by atoms with E-state index < -0.39 is 5.54 Å². The molecule has 0 radical (unpaired) electrons. The minimum Gasteiger partial charge on any atom is -0.351 e. The molecule has 208 valence electrons. The van der Waals surface area contributed by atoms with Gasteiger partial charge in [0.1, 0.15) is 5.54 Å². The van der Waals surface area contributed by atoms with Gasteiger partial charge in [-0.25, -0.2) is 4.79 Å². The number of likely N-dealkylation sites (tertiary alicyclic amines) is 1. The van der Waals surface area contributed by atoms with E-state index in [2.05, 4.69) is 53.7 Å². The van der Waals surface area contributed by atoms with Crippen LogP contribution >= 0.6 is 0 Å². The Balaban J connectivity index is 1.14. The first-order valence-electron chi connectivity index (χ1n) is 14.3. The molecule has 9 nitrogen and oxygen atoms in total. The van der Waals surface area contributed by atoms with Crippen LogP contribution in [0.1, 0.15) is 73.0 Å². The van der Waals surface area contributed by atoms with E-state index in [0.717, 1.165) is 46.0 Å². The molecular weight excluding hydrogens is 504 g/mol. The summed E-state index contributed by atoms with van der Waals surface area (Å²) in [5.41, 5.74) is 3.85. The number of benzene rings is 2. The third-order valence-electron chi connectivity index (χ3n) is 9.46. The SMILES string of the molecule is CC(C)(C)CN1Cc2c(ccc3[nH]ncc23)C2CC2(NC(=O)N2CCC3(CC2)CNC(=O)c2ccccc23)C1=O. The predicted molar refractivity (Wildman–Crippen MR) is 151 cm³/mol. The van der Waals surface area contributed by atoms with E-state index in [1.54, 1.807) is 0 Å². The Morgan fingerprint density at radius 2 is 1.90 bits per heavy atom. The van der Waals surface area contributed by atoms with Crippen LogP contribution in [0.4, 0.5) is 4.79 Å². The van der Waals surface area contributed by atoms with E-state index in [-0.39, 0.29) is 34.6 Å². The van der Waals surface area contributed by atoms with Crippen molar-refractivity contribution in [3.05, 3.63) is 64.8 Å². The highest BCUT2D eigenvalue weighted by atomic mass is 16.2. The smallest absolute Gasteiger partial charge is 0.318 e. The molecular formula is C31H36N6O3. The molecule has 3 aromatic rings. The molecule has 3 aliphatic heterocycles. The second-order valence-electron chi connectivity index (χ2n) is 13.3. The molecule has 2 unspecified atom stereocenters. The molecule has 0 bridgehead atoms. The number of hydrogen-bond acceptors (Lipinski definition) is 4. The number of rotatable bonds is 2. The lowest BCUT2D eigenvalue weighted by Gasteiger charge is -2.45. The summed E-state index contributed by atoms with van der Waals surface area (Å²) in [5.74, 6) is -0.0780. The van der Waals surface area contributed by atoms with Crippen molar-refractivity contribution in [2.24, 2.45) is 5.41 Å². The van der Waals surface area contributed by atoms with Crippen LogP contribution in [0.5, 0.6) is 0 Å². The van der Waals surface area contributed by atoms with E-state index in [0.29, 0.717) is 39.1 Å². The van der Waals surface area contributed by atoms with Crippen molar-refractivity contribution in [1.82, 2.24) is 30.6 Å². The summed E-state index contributed by atoms with van der Waals surface area (Å²) in [4.78, 5) is 44.2. The van der Waals surface area contributed by atoms with Gasteiger partial charge in [0.05, 0.1) is 11.7 Å². The third kappa shape index (κ3) is 3.81. The van der Waals surface area contributed by atoms with E-state index >= 15 is 0 Å². The Labute approximate surface area is 233 Å². The molecule has 4 aliphatic rings. The fourth-order valence-electron chi connectivity index (χ4n) is 7.34. The number of nitrogens with zero attached hydrogens (tertiary/aromatic N) is 3. The Morgan fingerprint density at radius 1 is 1.12 bits per heavy atom. The van der Waals surface area contributed by atoms with E-state index in [9.17, 15) is 14.4 Å². The average Bonchev–Trinajstić information content (AvgIpc) is 3.45.